The summed E-state index contributed by atoms with van der Waals surface area (Å²) >= 11 is 0. The van der Waals surface area contributed by atoms with Gasteiger partial charge in [-0.1, -0.05) is 17.7 Å². The van der Waals surface area contributed by atoms with Gasteiger partial charge in [-0.25, -0.2) is 4.79 Å². The van der Waals surface area contributed by atoms with Crippen molar-refractivity contribution in [1.82, 2.24) is 0 Å². The van der Waals surface area contributed by atoms with Crippen molar-refractivity contribution in [3.8, 4) is 0 Å². The fourth-order valence-corrected chi connectivity index (χ4v) is 2.05. The van der Waals surface area contributed by atoms with E-state index in [1.807, 2.05) is 13.0 Å². The molecule has 0 aromatic rings. The molecule has 0 fully saturated rings. The van der Waals surface area contributed by atoms with Crippen molar-refractivity contribution in [2.45, 2.75) is 13.3 Å². The third kappa shape index (κ3) is 0.754. The summed E-state index contributed by atoms with van der Waals surface area (Å²) in [4.78, 5) is 10.7. The molecule has 2 bridgehead atoms. The van der Waals surface area contributed by atoms with Gasteiger partial charge >= 0.3 is 5.97 Å². The summed E-state index contributed by atoms with van der Waals surface area (Å²) in [6, 6.07) is 0. The zero-order valence-electron chi connectivity index (χ0n) is 6.37. The lowest BCUT2D eigenvalue weighted by Gasteiger charge is -2.07. The Morgan fingerprint density at radius 1 is 1.55 bits per heavy atom. The molecule has 0 spiro atoms. The minimum Gasteiger partial charge on any atom is -0.478 e. The molecule has 0 saturated heterocycles. The largest absolute Gasteiger partial charge is 0.478 e. The molecule has 2 heteroatoms. The zero-order valence-corrected chi connectivity index (χ0v) is 6.37. The maximum atomic E-state index is 10.7. The molecular formula is C9H10O2. The molecule has 58 valence electrons. The van der Waals surface area contributed by atoms with Crippen molar-refractivity contribution in [1.29, 1.82) is 0 Å². The first kappa shape index (κ1) is 6.65. The minimum absolute atomic E-state index is 0.206. The van der Waals surface area contributed by atoms with Gasteiger partial charge < -0.3 is 5.11 Å². The second-order valence-electron chi connectivity index (χ2n) is 3.24. The van der Waals surface area contributed by atoms with Crippen molar-refractivity contribution >= 4 is 5.97 Å². The number of allylic oxidation sites excluding steroid dienone is 3. The monoisotopic (exact) mass is 150 g/mol. The molecule has 0 unspecified atom stereocenters. The maximum Gasteiger partial charge on any atom is 0.332 e. The molecule has 2 aliphatic carbocycles. The summed E-state index contributed by atoms with van der Waals surface area (Å²) < 4.78 is 0. The first-order chi connectivity index (χ1) is 5.20. The van der Waals surface area contributed by atoms with Crippen molar-refractivity contribution in [3.63, 3.8) is 0 Å². The van der Waals surface area contributed by atoms with E-state index < -0.39 is 5.97 Å². The fourth-order valence-electron chi connectivity index (χ4n) is 2.05. The third-order valence-electron chi connectivity index (χ3n) is 2.67. The molecule has 2 aliphatic rings. The molecule has 2 rings (SSSR count). The highest BCUT2D eigenvalue weighted by atomic mass is 16.4. The lowest BCUT2D eigenvalue weighted by atomic mass is 9.99. The van der Waals surface area contributed by atoms with E-state index in [4.69, 9.17) is 5.11 Å². The maximum absolute atomic E-state index is 10.7. The van der Waals surface area contributed by atoms with Crippen LogP contribution in [0.4, 0.5) is 0 Å². The molecule has 2 nitrogen and oxygen atoms in total. The predicted octanol–water partition coefficient (Wildman–Crippen LogP) is 1.59. The van der Waals surface area contributed by atoms with E-state index in [0.717, 1.165) is 12.0 Å². The molecule has 0 heterocycles. The molecule has 1 N–H and O–H groups in total. The third-order valence-corrected chi connectivity index (χ3v) is 2.67. The average molecular weight is 150 g/mol. The van der Waals surface area contributed by atoms with Gasteiger partial charge in [-0.2, -0.15) is 0 Å². The first-order valence-corrected chi connectivity index (χ1v) is 3.82. The molecule has 0 aliphatic heterocycles. The smallest absolute Gasteiger partial charge is 0.332 e. The van der Waals surface area contributed by atoms with Crippen LogP contribution in [0.15, 0.2) is 23.3 Å². The Balaban J connectivity index is 2.40. The second kappa shape index (κ2) is 1.97. The number of carboxylic acids is 1. The van der Waals surface area contributed by atoms with Gasteiger partial charge in [-0.15, -0.1) is 0 Å². The Morgan fingerprint density at radius 3 is 2.55 bits per heavy atom. The van der Waals surface area contributed by atoms with Gasteiger partial charge in [-0.3, -0.25) is 0 Å². The van der Waals surface area contributed by atoms with Crippen LogP contribution in [0.5, 0.6) is 0 Å². The van der Waals surface area contributed by atoms with E-state index in [9.17, 15) is 4.79 Å². The van der Waals surface area contributed by atoms with Crippen molar-refractivity contribution in [2.24, 2.45) is 11.8 Å². The summed E-state index contributed by atoms with van der Waals surface area (Å²) in [7, 11) is 0. The van der Waals surface area contributed by atoms with Crippen LogP contribution in [0.25, 0.3) is 0 Å². The van der Waals surface area contributed by atoms with E-state index in [2.05, 4.69) is 6.08 Å². The molecular weight excluding hydrogens is 140 g/mol. The Labute approximate surface area is 65.2 Å². The highest BCUT2D eigenvalue weighted by Crippen LogP contribution is 2.43. The van der Waals surface area contributed by atoms with Crippen molar-refractivity contribution in [3.05, 3.63) is 23.3 Å². The lowest BCUT2D eigenvalue weighted by molar-refractivity contribution is -0.133. The number of carboxylic acid groups (broad SMARTS) is 1. The number of carbonyl (C=O) groups is 1. The summed E-state index contributed by atoms with van der Waals surface area (Å²) in [6.45, 7) is 1.93. The molecule has 2 atom stereocenters. The summed E-state index contributed by atoms with van der Waals surface area (Å²) in [5, 5.41) is 8.81. The van der Waals surface area contributed by atoms with E-state index in [0.29, 0.717) is 11.5 Å². The van der Waals surface area contributed by atoms with Crippen LogP contribution in [0.3, 0.4) is 0 Å². The van der Waals surface area contributed by atoms with Crippen LogP contribution in [-0.2, 0) is 4.79 Å². The molecule has 11 heavy (non-hydrogen) atoms. The van der Waals surface area contributed by atoms with Crippen LogP contribution in [0, 0.1) is 11.8 Å². The second-order valence-corrected chi connectivity index (χ2v) is 3.24. The van der Waals surface area contributed by atoms with Crippen LogP contribution in [0.1, 0.15) is 13.3 Å². The van der Waals surface area contributed by atoms with Crippen LogP contribution >= 0.6 is 0 Å². The average Bonchev–Trinajstić information content (AvgIpc) is 2.44. The van der Waals surface area contributed by atoms with Gasteiger partial charge in [0, 0.05) is 11.5 Å². The van der Waals surface area contributed by atoms with E-state index in [-0.39, 0.29) is 5.92 Å². The van der Waals surface area contributed by atoms with Crippen LogP contribution in [-0.4, -0.2) is 11.1 Å². The van der Waals surface area contributed by atoms with E-state index >= 15 is 0 Å². The van der Waals surface area contributed by atoms with Crippen LogP contribution < -0.4 is 0 Å². The topological polar surface area (TPSA) is 37.3 Å². The Morgan fingerprint density at radius 2 is 2.18 bits per heavy atom. The highest BCUT2D eigenvalue weighted by Gasteiger charge is 2.35. The number of fused-ring (bicyclic) bond motifs is 2. The van der Waals surface area contributed by atoms with Crippen molar-refractivity contribution in [2.75, 3.05) is 0 Å². The van der Waals surface area contributed by atoms with Gasteiger partial charge in [0.1, 0.15) is 0 Å². The normalized spacial score (nSPS) is 33.5. The molecule has 0 radical (unpaired) electrons. The standard InChI is InChI=1S/C9H10O2/c1-5-6-2-3-7(4-6)8(5)9(10)11/h2-3,6-7H,4H2,1H3,(H,10,11)/t6-,7+/m0/s1. The number of aliphatic carboxylic acids is 1. The lowest BCUT2D eigenvalue weighted by Crippen LogP contribution is -2.07. The predicted molar refractivity (Wildman–Crippen MR) is 41.1 cm³/mol. The Hall–Kier alpha value is -1.05. The van der Waals surface area contributed by atoms with Gasteiger partial charge in [0.25, 0.3) is 0 Å². The Bertz CT molecular complexity index is 273. The summed E-state index contributed by atoms with van der Waals surface area (Å²) in [5.41, 5.74) is 1.70. The van der Waals surface area contributed by atoms with E-state index in [1.165, 1.54) is 0 Å². The summed E-state index contributed by atoms with van der Waals surface area (Å²) in [6.07, 6.45) is 5.13. The number of hydrogen-bond donors (Lipinski definition) is 1. The van der Waals surface area contributed by atoms with Gasteiger partial charge in [0.05, 0.1) is 0 Å². The van der Waals surface area contributed by atoms with Crippen molar-refractivity contribution < 1.29 is 9.90 Å². The molecule has 0 saturated carbocycles. The van der Waals surface area contributed by atoms with Gasteiger partial charge in [-0.05, 0) is 19.3 Å². The minimum atomic E-state index is -0.737. The van der Waals surface area contributed by atoms with Gasteiger partial charge in [0.2, 0.25) is 0 Å². The zero-order chi connectivity index (χ0) is 8.01. The summed E-state index contributed by atoms with van der Waals surface area (Å²) in [5.74, 6) is -0.108. The molecule has 0 aromatic heterocycles. The number of hydrogen-bond acceptors (Lipinski definition) is 1. The van der Waals surface area contributed by atoms with Gasteiger partial charge in [0.15, 0.2) is 0 Å². The number of rotatable bonds is 1. The SMILES string of the molecule is CC1=C(C(=O)O)[C@@H]2C=C[C@H]1C2. The quantitative estimate of drug-likeness (QED) is 0.576. The highest BCUT2D eigenvalue weighted by molar-refractivity contribution is 5.90. The fraction of sp³-hybridized carbons (Fsp3) is 0.444. The first-order valence-electron chi connectivity index (χ1n) is 3.82. The van der Waals surface area contributed by atoms with E-state index in [1.54, 1.807) is 0 Å². The molecule has 0 aromatic carbocycles. The van der Waals surface area contributed by atoms with Crippen LogP contribution in [0.2, 0.25) is 0 Å². The molecule has 0 amide bonds. The Kier molecular flexibility index (Phi) is 1.19.